The standard InChI is InChI=1S/C26H30N6O3/c1-16(21-11-12-28-24(27-4)31-21)29-22-8-6-5-7-19(22)23(33)30-18-9-10-20-17(13-18)14-32(25(34)35)15-26(20,2)3/h5-13,16,29H,14-15H2,1-4H3,(H,30,33)(H,34,35)(H,27,28,31). The van der Waals surface area contributed by atoms with Crippen molar-refractivity contribution in [1.82, 2.24) is 14.9 Å². The van der Waals surface area contributed by atoms with E-state index in [-0.39, 0.29) is 17.4 Å². The second-order valence-electron chi connectivity index (χ2n) is 9.32. The smallest absolute Gasteiger partial charge is 0.407 e. The first-order valence-electron chi connectivity index (χ1n) is 11.5. The molecule has 3 aromatic rings. The SMILES string of the molecule is CNc1nccc(C(C)Nc2ccccc2C(=O)Nc2ccc3c(c2)CN(C(=O)O)CC3(C)C)n1. The van der Waals surface area contributed by atoms with Crippen molar-refractivity contribution < 1.29 is 14.7 Å². The summed E-state index contributed by atoms with van der Waals surface area (Å²) in [5, 5.41) is 18.8. The van der Waals surface area contributed by atoms with Crippen LogP contribution < -0.4 is 16.0 Å². The maximum Gasteiger partial charge on any atom is 0.407 e. The third kappa shape index (κ3) is 5.18. The molecule has 0 fully saturated rings. The number of hydrogen-bond donors (Lipinski definition) is 4. The maximum absolute atomic E-state index is 13.2. The van der Waals surface area contributed by atoms with E-state index in [2.05, 4.69) is 25.9 Å². The van der Waals surface area contributed by atoms with E-state index in [0.717, 1.165) is 16.8 Å². The molecule has 0 spiro atoms. The number of rotatable bonds is 6. The zero-order valence-corrected chi connectivity index (χ0v) is 20.3. The monoisotopic (exact) mass is 474 g/mol. The molecule has 1 aliphatic rings. The number of carboxylic acid groups (broad SMARTS) is 1. The van der Waals surface area contributed by atoms with Gasteiger partial charge in [-0.2, -0.15) is 0 Å². The Morgan fingerprint density at radius 1 is 1.14 bits per heavy atom. The Balaban J connectivity index is 1.54. The molecule has 4 N–H and O–H groups in total. The Hall–Kier alpha value is -4.14. The molecule has 1 atom stereocenters. The zero-order chi connectivity index (χ0) is 25.2. The van der Waals surface area contributed by atoms with Gasteiger partial charge in [0.25, 0.3) is 5.91 Å². The van der Waals surface area contributed by atoms with Crippen molar-refractivity contribution in [1.29, 1.82) is 0 Å². The van der Waals surface area contributed by atoms with Gasteiger partial charge in [0, 0.05) is 43.1 Å². The number of fused-ring (bicyclic) bond motifs is 1. The molecule has 35 heavy (non-hydrogen) atoms. The molecule has 182 valence electrons. The Morgan fingerprint density at radius 3 is 2.66 bits per heavy atom. The van der Waals surface area contributed by atoms with Crippen LogP contribution in [0.2, 0.25) is 0 Å². The number of carbonyl (C=O) groups excluding carboxylic acids is 1. The van der Waals surface area contributed by atoms with Gasteiger partial charge in [-0.25, -0.2) is 14.8 Å². The van der Waals surface area contributed by atoms with Crippen LogP contribution in [0.5, 0.6) is 0 Å². The zero-order valence-electron chi connectivity index (χ0n) is 20.3. The molecule has 0 aliphatic carbocycles. The lowest BCUT2D eigenvalue weighted by atomic mass is 9.78. The molecular formula is C26H30N6O3. The fraction of sp³-hybridized carbons (Fsp3) is 0.308. The Labute approximate surface area is 204 Å². The van der Waals surface area contributed by atoms with E-state index in [1.165, 1.54) is 4.90 Å². The predicted molar refractivity (Wildman–Crippen MR) is 136 cm³/mol. The summed E-state index contributed by atoms with van der Waals surface area (Å²) in [7, 11) is 1.76. The summed E-state index contributed by atoms with van der Waals surface area (Å²) in [5.74, 6) is 0.267. The summed E-state index contributed by atoms with van der Waals surface area (Å²) in [6.45, 7) is 6.75. The van der Waals surface area contributed by atoms with Crippen molar-refractivity contribution in [3.63, 3.8) is 0 Å². The van der Waals surface area contributed by atoms with E-state index in [1.807, 2.05) is 63.2 Å². The van der Waals surface area contributed by atoms with Gasteiger partial charge in [0.05, 0.1) is 17.3 Å². The summed E-state index contributed by atoms with van der Waals surface area (Å²) in [6.07, 6.45) is 0.742. The summed E-state index contributed by atoms with van der Waals surface area (Å²) >= 11 is 0. The Morgan fingerprint density at radius 2 is 1.91 bits per heavy atom. The number of carbonyl (C=O) groups is 2. The van der Waals surface area contributed by atoms with Gasteiger partial charge >= 0.3 is 6.09 Å². The minimum Gasteiger partial charge on any atom is -0.465 e. The number of amides is 2. The highest BCUT2D eigenvalue weighted by atomic mass is 16.4. The molecule has 2 amide bonds. The van der Waals surface area contributed by atoms with Crippen LogP contribution in [0.15, 0.2) is 54.7 Å². The number of hydrogen-bond acceptors (Lipinski definition) is 6. The average molecular weight is 475 g/mol. The van der Waals surface area contributed by atoms with Crippen molar-refractivity contribution in [2.24, 2.45) is 0 Å². The average Bonchev–Trinajstić information content (AvgIpc) is 2.83. The van der Waals surface area contributed by atoms with E-state index in [0.29, 0.717) is 36.0 Å². The van der Waals surface area contributed by atoms with Gasteiger partial charge in [0.2, 0.25) is 5.95 Å². The van der Waals surface area contributed by atoms with E-state index in [4.69, 9.17) is 0 Å². The van der Waals surface area contributed by atoms with Gasteiger partial charge in [-0.05, 0) is 48.4 Å². The first-order valence-corrected chi connectivity index (χ1v) is 11.5. The van der Waals surface area contributed by atoms with Crippen molar-refractivity contribution >= 4 is 29.3 Å². The van der Waals surface area contributed by atoms with Crippen LogP contribution in [0.1, 0.15) is 54.0 Å². The third-order valence-corrected chi connectivity index (χ3v) is 6.20. The summed E-state index contributed by atoms with van der Waals surface area (Å²) in [6, 6.07) is 14.7. The van der Waals surface area contributed by atoms with Crippen LogP contribution in [-0.4, -0.2) is 45.6 Å². The molecule has 9 heteroatoms. The van der Waals surface area contributed by atoms with Crippen molar-refractivity contribution in [2.45, 2.75) is 38.8 Å². The van der Waals surface area contributed by atoms with Crippen LogP contribution in [0.25, 0.3) is 0 Å². The molecule has 1 aromatic heterocycles. The number of nitrogens with one attached hydrogen (secondary N) is 3. The van der Waals surface area contributed by atoms with Crippen LogP contribution in [0.4, 0.5) is 22.1 Å². The third-order valence-electron chi connectivity index (χ3n) is 6.20. The summed E-state index contributed by atoms with van der Waals surface area (Å²) in [5.41, 5.74) is 4.26. The number of para-hydroxylation sites is 1. The highest BCUT2D eigenvalue weighted by molar-refractivity contribution is 6.08. The molecule has 0 saturated carbocycles. The van der Waals surface area contributed by atoms with E-state index >= 15 is 0 Å². The Bertz CT molecular complexity index is 1260. The minimum absolute atomic E-state index is 0.160. The molecule has 0 saturated heterocycles. The molecule has 9 nitrogen and oxygen atoms in total. The second-order valence-corrected chi connectivity index (χ2v) is 9.32. The van der Waals surface area contributed by atoms with Gasteiger partial charge in [-0.15, -0.1) is 0 Å². The van der Waals surface area contributed by atoms with Crippen LogP contribution in [0, 0.1) is 0 Å². The van der Waals surface area contributed by atoms with E-state index < -0.39 is 6.09 Å². The molecule has 2 aromatic carbocycles. The van der Waals surface area contributed by atoms with Gasteiger partial charge in [0.15, 0.2) is 0 Å². The lowest BCUT2D eigenvalue weighted by Gasteiger charge is -2.38. The highest BCUT2D eigenvalue weighted by Gasteiger charge is 2.34. The van der Waals surface area contributed by atoms with Crippen molar-refractivity contribution in [3.05, 3.63) is 77.1 Å². The number of anilines is 3. The van der Waals surface area contributed by atoms with Gasteiger partial charge in [-0.1, -0.05) is 32.0 Å². The topological polar surface area (TPSA) is 119 Å². The fourth-order valence-corrected chi connectivity index (χ4v) is 4.47. The predicted octanol–water partition coefficient (Wildman–Crippen LogP) is 4.71. The van der Waals surface area contributed by atoms with Gasteiger partial charge in [0.1, 0.15) is 0 Å². The fourth-order valence-electron chi connectivity index (χ4n) is 4.47. The normalized spacial score (nSPS) is 15.0. The lowest BCUT2D eigenvalue weighted by molar-refractivity contribution is 0.102. The molecular weight excluding hydrogens is 444 g/mol. The summed E-state index contributed by atoms with van der Waals surface area (Å²) < 4.78 is 0. The lowest BCUT2D eigenvalue weighted by Crippen LogP contribution is -2.44. The number of benzene rings is 2. The number of aromatic nitrogens is 2. The van der Waals surface area contributed by atoms with Gasteiger partial charge < -0.3 is 26.0 Å². The molecule has 2 heterocycles. The van der Waals surface area contributed by atoms with Crippen molar-refractivity contribution in [2.75, 3.05) is 29.5 Å². The highest BCUT2D eigenvalue weighted by Crippen LogP contribution is 2.35. The van der Waals surface area contributed by atoms with Crippen LogP contribution in [-0.2, 0) is 12.0 Å². The maximum atomic E-state index is 13.2. The van der Waals surface area contributed by atoms with Crippen LogP contribution in [0.3, 0.4) is 0 Å². The molecule has 0 radical (unpaired) electrons. The summed E-state index contributed by atoms with van der Waals surface area (Å²) in [4.78, 5) is 34.8. The first kappa shape index (κ1) is 24.0. The molecule has 1 aliphatic heterocycles. The Kier molecular flexibility index (Phi) is 6.59. The van der Waals surface area contributed by atoms with Crippen molar-refractivity contribution in [3.8, 4) is 0 Å². The minimum atomic E-state index is -0.946. The quantitative estimate of drug-likeness (QED) is 0.408. The molecule has 0 bridgehead atoms. The van der Waals surface area contributed by atoms with E-state index in [9.17, 15) is 14.7 Å². The molecule has 1 unspecified atom stereocenters. The van der Waals surface area contributed by atoms with Crippen LogP contribution >= 0.6 is 0 Å². The van der Waals surface area contributed by atoms with E-state index in [1.54, 1.807) is 19.3 Å². The van der Waals surface area contributed by atoms with Gasteiger partial charge in [-0.3, -0.25) is 4.79 Å². The molecule has 4 rings (SSSR count). The first-order chi connectivity index (χ1) is 16.7. The second kappa shape index (κ2) is 9.61. The number of nitrogens with zero attached hydrogens (tertiary/aromatic N) is 3. The largest absolute Gasteiger partial charge is 0.465 e.